The van der Waals surface area contributed by atoms with Gasteiger partial charge >= 0.3 is 0 Å². The van der Waals surface area contributed by atoms with Crippen molar-refractivity contribution >= 4 is 12.0 Å². The fourth-order valence-electron chi connectivity index (χ4n) is 3.41. The summed E-state index contributed by atoms with van der Waals surface area (Å²) in [4.78, 5) is 7.09. The fourth-order valence-corrected chi connectivity index (χ4v) is 3.41. The molecule has 0 amide bonds. The first-order valence-electron chi connectivity index (χ1n) is 11.2. The van der Waals surface area contributed by atoms with Crippen molar-refractivity contribution in [1.82, 2.24) is 25.0 Å². The topological polar surface area (TPSA) is 94.6 Å². The van der Waals surface area contributed by atoms with E-state index >= 15 is 0 Å². The van der Waals surface area contributed by atoms with Gasteiger partial charge in [-0.15, -0.1) is 5.10 Å². The highest BCUT2D eigenvalue weighted by atomic mass is 16.5. The molecule has 0 bridgehead atoms. The molecule has 3 N–H and O–H groups in total. The molecule has 31 heavy (non-hydrogen) atoms. The maximum atomic E-state index is 5.72. The highest BCUT2D eigenvalue weighted by Gasteiger charge is 2.03. The Hall–Kier alpha value is -3.09. The second-order valence-electron chi connectivity index (χ2n) is 8.02. The molecule has 0 aliphatic rings. The molecule has 0 spiro atoms. The molecule has 0 aliphatic heterocycles. The van der Waals surface area contributed by atoms with Crippen LogP contribution in [0.5, 0.6) is 5.75 Å². The Morgan fingerprint density at radius 3 is 2.68 bits per heavy atom. The lowest BCUT2D eigenvalue weighted by Crippen LogP contribution is -2.00. The summed E-state index contributed by atoms with van der Waals surface area (Å²) < 4.78 is 7.64. The van der Waals surface area contributed by atoms with Crippen molar-refractivity contribution in [3.05, 3.63) is 59.2 Å². The number of rotatable bonds is 13. The minimum absolute atomic E-state index is 0.490. The summed E-state index contributed by atoms with van der Waals surface area (Å²) in [7, 11) is 0. The van der Waals surface area contributed by atoms with Crippen LogP contribution in [-0.4, -0.2) is 31.6 Å². The second kappa shape index (κ2) is 11.9. The number of anilines is 1. The van der Waals surface area contributed by atoms with Gasteiger partial charge in [-0.25, -0.2) is 9.67 Å². The third-order valence-electron chi connectivity index (χ3n) is 5.08. The SMILES string of the molecule is CCCCOc1ccc(/C=C(\C)Cn2cc(CCCCCc3cnc(N)[nH]3)nn2)cc1. The minimum Gasteiger partial charge on any atom is -0.494 e. The molecule has 0 saturated heterocycles. The Morgan fingerprint density at radius 1 is 1.13 bits per heavy atom. The van der Waals surface area contributed by atoms with Gasteiger partial charge in [-0.05, 0) is 56.7 Å². The molecule has 0 saturated carbocycles. The minimum atomic E-state index is 0.490. The molecular formula is C24H34N6O. The van der Waals surface area contributed by atoms with Gasteiger partial charge in [0.05, 0.1) is 25.0 Å². The smallest absolute Gasteiger partial charge is 0.197 e. The van der Waals surface area contributed by atoms with Crippen LogP contribution in [0.25, 0.3) is 6.08 Å². The fraction of sp³-hybridized carbons (Fsp3) is 0.458. The number of H-pyrrole nitrogens is 1. The third kappa shape index (κ3) is 7.92. The predicted molar refractivity (Wildman–Crippen MR) is 125 cm³/mol. The van der Waals surface area contributed by atoms with Crippen molar-refractivity contribution in [2.45, 2.75) is 65.3 Å². The maximum Gasteiger partial charge on any atom is 0.197 e. The maximum absolute atomic E-state index is 5.72. The first-order valence-corrected chi connectivity index (χ1v) is 11.2. The van der Waals surface area contributed by atoms with Crippen molar-refractivity contribution in [3.8, 4) is 5.75 Å². The number of hydrogen-bond donors (Lipinski definition) is 2. The van der Waals surface area contributed by atoms with E-state index in [1.165, 1.54) is 11.1 Å². The lowest BCUT2D eigenvalue weighted by molar-refractivity contribution is 0.309. The molecule has 7 nitrogen and oxygen atoms in total. The van der Waals surface area contributed by atoms with E-state index in [0.29, 0.717) is 5.95 Å². The number of aromatic nitrogens is 5. The van der Waals surface area contributed by atoms with Crippen LogP contribution < -0.4 is 10.5 Å². The summed E-state index contributed by atoms with van der Waals surface area (Å²) in [5.74, 6) is 1.42. The number of ether oxygens (including phenoxy) is 1. The van der Waals surface area contributed by atoms with Crippen molar-refractivity contribution < 1.29 is 4.74 Å². The molecule has 0 fully saturated rings. The zero-order valence-corrected chi connectivity index (χ0v) is 18.7. The number of nitrogens with zero attached hydrogens (tertiary/aromatic N) is 4. The third-order valence-corrected chi connectivity index (χ3v) is 5.08. The average Bonchev–Trinajstić information content (AvgIpc) is 3.38. The molecule has 0 atom stereocenters. The summed E-state index contributed by atoms with van der Waals surface area (Å²) in [5, 5.41) is 8.60. The summed E-state index contributed by atoms with van der Waals surface area (Å²) in [6.07, 6.45) is 13.6. The van der Waals surface area contributed by atoms with Gasteiger partial charge < -0.3 is 15.5 Å². The van der Waals surface area contributed by atoms with Crippen molar-refractivity contribution in [1.29, 1.82) is 0 Å². The van der Waals surface area contributed by atoms with Crippen molar-refractivity contribution in [2.24, 2.45) is 0 Å². The molecular weight excluding hydrogens is 388 g/mol. The number of imidazole rings is 1. The normalized spacial score (nSPS) is 11.7. The number of aromatic amines is 1. The van der Waals surface area contributed by atoms with Gasteiger partial charge in [0.2, 0.25) is 0 Å². The van der Waals surface area contributed by atoms with Crippen LogP contribution in [0.3, 0.4) is 0 Å². The Labute approximate surface area is 184 Å². The predicted octanol–water partition coefficient (Wildman–Crippen LogP) is 4.82. The van der Waals surface area contributed by atoms with Crippen LogP contribution in [0.4, 0.5) is 5.95 Å². The zero-order chi connectivity index (χ0) is 21.9. The Morgan fingerprint density at radius 2 is 1.94 bits per heavy atom. The molecule has 2 aromatic heterocycles. The van der Waals surface area contributed by atoms with Crippen LogP contribution in [0.2, 0.25) is 0 Å². The molecule has 1 aromatic carbocycles. The first-order chi connectivity index (χ1) is 15.1. The molecule has 166 valence electrons. The Balaban J connectivity index is 1.39. The van der Waals surface area contributed by atoms with Gasteiger partial charge in [0.15, 0.2) is 5.95 Å². The molecule has 2 heterocycles. The van der Waals surface area contributed by atoms with E-state index in [2.05, 4.69) is 58.5 Å². The Bertz CT molecular complexity index is 941. The highest BCUT2D eigenvalue weighted by Crippen LogP contribution is 2.16. The Kier molecular flexibility index (Phi) is 8.70. The lowest BCUT2D eigenvalue weighted by Gasteiger charge is -2.06. The number of nitrogens with two attached hydrogens (primary N) is 1. The van der Waals surface area contributed by atoms with Gasteiger partial charge in [-0.2, -0.15) is 0 Å². The van der Waals surface area contributed by atoms with E-state index in [1.807, 2.05) is 23.0 Å². The number of unbranched alkanes of at least 4 members (excludes halogenated alkanes) is 3. The number of nitrogens with one attached hydrogen (secondary N) is 1. The number of hydrogen-bond acceptors (Lipinski definition) is 5. The van der Waals surface area contributed by atoms with Crippen molar-refractivity contribution in [3.63, 3.8) is 0 Å². The second-order valence-corrected chi connectivity index (χ2v) is 8.02. The van der Waals surface area contributed by atoms with E-state index in [0.717, 1.165) is 75.2 Å². The quantitative estimate of drug-likeness (QED) is 0.385. The van der Waals surface area contributed by atoms with Gasteiger partial charge in [-0.3, -0.25) is 0 Å². The molecule has 0 unspecified atom stereocenters. The lowest BCUT2D eigenvalue weighted by atomic mass is 10.1. The molecule has 0 aliphatic carbocycles. The van der Waals surface area contributed by atoms with Crippen LogP contribution in [0.15, 0.2) is 42.2 Å². The summed E-state index contributed by atoms with van der Waals surface area (Å²) in [5.41, 5.74) is 10.1. The van der Waals surface area contributed by atoms with E-state index in [1.54, 1.807) is 0 Å². The number of nitrogen functional groups attached to an aromatic ring is 1. The number of aryl methyl sites for hydroxylation is 2. The number of benzene rings is 1. The van der Waals surface area contributed by atoms with Gasteiger partial charge in [-0.1, -0.05) is 48.8 Å². The van der Waals surface area contributed by atoms with Gasteiger partial charge in [0.25, 0.3) is 0 Å². The molecule has 0 radical (unpaired) electrons. The molecule has 3 aromatic rings. The van der Waals surface area contributed by atoms with Crippen molar-refractivity contribution in [2.75, 3.05) is 12.3 Å². The van der Waals surface area contributed by atoms with Crippen LogP contribution in [-0.2, 0) is 19.4 Å². The van der Waals surface area contributed by atoms with Crippen LogP contribution in [0, 0.1) is 0 Å². The van der Waals surface area contributed by atoms with Crippen LogP contribution >= 0.6 is 0 Å². The standard InChI is InChI=1S/C24H34N6O/c1-3-4-14-31-23-12-10-20(11-13-23)15-19(2)17-30-18-22(28-29-30)9-7-5-6-8-21-16-26-24(25)27-21/h10-13,15-16,18H,3-9,14,17H2,1-2H3,(H3,25,26,27)/b19-15+. The summed E-state index contributed by atoms with van der Waals surface area (Å²) >= 11 is 0. The highest BCUT2D eigenvalue weighted by molar-refractivity contribution is 5.53. The largest absolute Gasteiger partial charge is 0.494 e. The van der Waals surface area contributed by atoms with E-state index in [4.69, 9.17) is 10.5 Å². The van der Waals surface area contributed by atoms with Gasteiger partial charge in [0, 0.05) is 11.9 Å². The van der Waals surface area contributed by atoms with E-state index in [-0.39, 0.29) is 0 Å². The zero-order valence-electron chi connectivity index (χ0n) is 18.7. The van der Waals surface area contributed by atoms with E-state index in [9.17, 15) is 0 Å². The molecule has 3 rings (SSSR count). The van der Waals surface area contributed by atoms with Gasteiger partial charge in [0.1, 0.15) is 5.75 Å². The summed E-state index contributed by atoms with van der Waals surface area (Å²) in [6.45, 7) is 5.80. The monoisotopic (exact) mass is 422 g/mol. The first kappa shape index (κ1) is 22.6. The molecule has 7 heteroatoms. The summed E-state index contributed by atoms with van der Waals surface area (Å²) in [6, 6.07) is 8.25. The van der Waals surface area contributed by atoms with E-state index < -0.39 is 0 Å². The average molecular weight is 423 g/mol. The van der Waals surface area contributed by atoms with Crippen LogP contribution in [0.1, 0.15) is 62.9 Å². The number of allylic oxidation sites excluding steroid dienone is 1.